The molecule has 0 bridgehead atoms. The van der Waals surface area contributed by atoms with Crippen molar-refractivity contribution in [1.29, 1.82) is 0 Å². The zero-order chi connectivity index (χ0) is 19.1. The lowest BCUT2D eigenvalue weighted by atomic mass is 10.2. The van der Waals surface area contributed by atoms with Gasteiger partial charge in [-0.2, -0.15) is 0 Å². The summed E-state index contributed by atoms with van der Waals surface area (Å²) in [6, 6.07) is 7.01. The Morgan fingerprint density at radius 1 is 1.14 bits per heavy atom. The molecule has 2 N–H and O–H groups in total. The van der Waals surface area contributed by atoms with Gasteiger partial charge in [0.1, 0.15) is 5.82 Å². The molecule has 2 fully saturated rings. The molecule has 1 saturated heterocycles. The van der Waals surface area contributed by atoms with Crippen LogP contribution in [0.25, 0.3) is 0 Å². The molecule has 1 heterocycles. The number of halogens is 2. The second kappa shape index (κ2) is 11.4. The summed E-state index contributed by atoms with van der Waals surface area (Å²) in [6.45, 7) is 3.98. The Labute approximate surface area is 184 Å². The van der Waals surface area contributed by atoms with Gasteiger partial charge in [0.2, 0.25) is 5.91 Å². The molecule has 1 aromatic rings. The van der Waals surface area contributed by atoms with Crippen LogP contribution >= 0.6 is 24.0 Å². The molecule has 1 aromatic carbocycles. The second-order valence-corrected chi connectivity index (χ2v) is 7.22. The number of guanidine groups is 1. The molecule has 1 aliphatic carbocycles. The van der Waals surface area contributed by atoms with Crippen molar-refractivity contribution in [2.24, 2.45) is 4.99 Å². The monoisotopic (exact) mass is 503 g/mol. The third-order valence-electron chi connectivity index (χ3n) is 5.34. The van der Waals surface area contributed by atoms with Crippen LogP contribution in [0.5, 0.6) is 0 Å². The number of nitrogens with zero attached hydrogens (tertiary/aromatic N) is 3. The van der Waals surface area contributed by atoms with Gasteiger partial charge in [-0.1, -0.05) is 12.8 Å². The minimum absolute atomic E-state index is 0. The molecule has 0 atom stereocenters. The van der Waals surface area contributed by atoms with E-state index in [1.165, 1.54) is 25.0 Å². The summed E-state index contributed by atoms with van der Waals surface area (Å²) in [7, 11) is 1.77. The summed E-state index contributed by atoms with van der Waals surface area (Å²) in [5.74, 6) is 0.743. The average Bonchev–Trinajstić information content (AvgIpc) is 3.19. The number of piperazine rings is 1. The number of amides is 1. The lowest BCUT2D eigenvalue weighted by molar-refractivity contribution is -0.121. The maximum absolute atomic E-state index is 13.1. The lowest BCUT2D eigenvalue weighted by Gasteiger charge is -2.37. The maximum Gasteiger partial charge on any atom is 0.221 e. The van der Waals surface area contributed by atoms with Crippen LogP contribution in [0, 0.1) is 5.82 Å². The third kappa shape index (κ3) is 6.49. The van der Waals surface area contributed by atoms with Crippen LogP contribution in [0.1, 0.15) is 32.1 Å². The molecule has 0 spiro atoms. The van der Waals surface area contributed by atoms with Gasteiger partial charge in [-0.15, -0.1) is 24.0 Å². The fourth-order valence-electron chi connectivity index (χ4n) is 3.82. The summed E-state index contributed by atoms with van der Waals surface area (Å²) in [5, 5.41) is 6.42. The topological polar surface area (TPSA) is 60.0 Å². The minimum atomic E-state index is -0.209. The van der Waals surface area contributed by atoms with Gasteiger partial charge in [-0.25, -0.2) is 4.39 Å². The van der Waals surface area contributed by atoms with Gasteiger partial charge < -0.3 is 20.4 Å². The smallest absolute Gasteiger partial charge is 0.221 e. The molecular formula is C20H31FIN5O. The molecule has 0 aromatic heterocycles. The number of aliphatic imine (C=N–C) groups is 1. The van der Waals surface area contributed by atoms with Crippen LogP contribution in [-0.4, -0.2) is 62.6 Å². The number of hydrogen-bond acceptors (Lipinski definition) is 3. The van der Waals surface area contributed by atoms with Crippen LogP contribution in [0.2, 0.25) is 0 Å². The molecule has 3 rings (SSSR count). The Morgan fingerprint density at radius 2 is 1.79 bits per heavy atom. The summed E-state index contributed by atoms with van der Waals surface area (Å²) < 4.78 is 13.1. The van der Waals surface area contributed by atoms with E-state index in [0.717, 1.165) is 50.7 Å². The lowest BCUT2D eigenvalue weighted by Crippen LogP contribution is -2.53. The van der Waals surface area contributed by atoms with Crippen LogP contribution in [0.4, 0.5) is 10.1 Å². The quantitative estimate of drug-likeness (QED) is 0.369. The average molecular weight is 503 g/mol. The van der Waals surface area contributed by atoms with E-state index in [9.17, 15) is 9.18 Å². The van der Waals surface area contributed by atoms with E-state index in [-0.39, 0.29) is 35.7 Å². The summed E-state index contributed by atoms with van der Waals surface area (Å²) in [5.41, 5.74) is 1.04. The third-order valence-corrected chi connectivity index (χ3v) is 5.34. The zero-order valence-electron chi connectivity index (χ0n) is 16.5. The van der Waals surface area contributed by atoms with E-state index in [1.54, 1.807) is 7.05 Å². The predicted molar refractivity (Wildman–Crippen MR) is 122 cm³/mol. The second-order valence-electron chi connectivity index (χ2n) is 7.22. The van der Waals surface area contributed by atoms with E-state index in [0.29, 0.717) is 19.0 Å². The number of anilines is 1. The van der Waals surface area contributed by atoms with Crippen molar-refractivity contribution < 1.29 is 9.18 Å². The largest absolute Gasteiger partial charge is 0.368 e. The number of rotatable bonds is 5. The molecule has 6 nitrogen and oxygen atoms in total. The Kier molecular flexibility index (Phi) is 9.27. The number of nitrogens with one attached hydrogen (secondary N) is 2. The number of carbonyl (C=O) groups excluding carboxylic acids is 1. The molecule has 0 unspecified atom stereocenters. The van der Waals surface area contributed by atoms with Crippen molar-refractivity contribution in [2.45, 2.75) is 38.1 Å². The van der Waals surface area contributed by atoms with E-state index in [1.807, 2.05) is 12.1 Å². The molecule has 2 aliphatic rings. The fourth-order valence-corrected chi connectivity index (χ4v) is 3.82. The summed E-state index contributed by atoms with van der Waals surface area (Å²) >= 11 is 0. The first-order valence-electron chi connectivity index (χ1n) is 9.91. The maximum atomic E-state index is 13.1. The highest BCUT2D eigenvalue weighted by Crippen LogP contribution is 2.18. The minimum Gasteiger partial charge on any atom is -0.368 e. The van der Waals surface area contributed by atoms with E-state index in [4.69, 9.17) is 0 Å². The SMILES string of the molecule is CN=C(NCCC(=O)NC1CCCC1)N1CCN(c2ccc(F)cc2)CC1.I. The van der Waals surface area contributed by atoms with Crippen molar-refractivity contribution in [2.75, 3.05) is 44.7 Å². The van der Waals surface area contributed by atoms with Crippen LogP contribution in [0.3, 0.4) is 0 Å². The first-order chi connectivity index (χ1) is 13.2. The van der Waals surface area contributed by atoms with Crippen molar-refractivity contribution in [1.82, 2.24) is 15.5 Å². The van der Waals surface area contributed by atoms with Crippen LogP contribution < -0.4 is 15.5 Å². The highest BCUT2D eigenvalue weighted by atomic mass is 127. The molecule has 1 aliphatic heterocycles. The molecule has 1 amide bonds. The van der Waals surface area contributed by atoms with Gasteiger partial charge >= 0.3 is 0 Å². The number of benzene rings is 1. The van der Waals surface area contributed by atoms with E-state index >= 15 is 0 Å². The zero-order valence-corrected chi connectivity index (χ0v) is 18.8. The summed E-state index contributed by atoms with van der Waals surface area (Å²) in [4.78, 5) is 20.8. The number of hydrogen-bond donors (Lipinski definition) is 2. The van der Waals surface area contributed by atoms with Gasteiger partial charge in [-0.05, 0) is 37.1 Å². The van der Waals surface area contributed by atoms with Gasteiger partial charge in [0.05, 0.1) is 0 Å². The van der Waals surface area contributed by atoms with Gasteiger partial charge in [0.25, 0.3) is 0 Å². The summed E-state index contributed by atoms with van der Waals surface area (Å²) in [6.07, 6.45) is 5.13. The normalized spacial score (nSPS) is 18.0. The van der Waals surface area contributed by atoms with E-state index in [2.05, 4.69) is 25.4 Å². The Balaban J connectivity index is 0.00000280. The van der Waals surface area contributed by atoms with Crippen molar-refractivity contribution >= 4 is 41.5 Å². The Bertz CT molecular complexity index is 641. The fraction of sp³-hybridized carbons (Fsp3) is 0.600. The number of carbonyl (C=O) groups is 1. The Morgan fingerprint density at radius 3 is 2.39 bits per heavy atom. The van der Waals surface area contributed by atoms with Crippen LogP contribution in [-0.2, 0) is 4.79 Å². The van der Waals surface area contributed by atoms with E-state index < -0.39 is 0 Å². The van der Waals surface area contributed by atoms with Crippen molar-refractivity contribution in [3.05, 3.63) is 30.1 Å². The first-order valence-corrected chi connectivity index (χ1v) is 9.91. The molecule has 0 radical (unpaired) electrons. The van der Waals surface area contributed by atoms with Crippen molar-refractivity contribution in [3.63, 3.8) is 0 Å². The van der Waals surface area contributed by atoms with Gasteiger partial charge in [0, 0.05) is 57.9 Å². The van der Waals surface area contributed by atoms with Crippen LogP contribution in [0.15, 0.2) is 29.3 Å². The standard InChI is InChI=1S/C20H30FN5O.HI/c1-22-20(23-11-10-19(27)24-17-4-2-3-5-17)26-14-12-25(13-15-26)18-8-6-16(21)7-9-18;/h6-9,17H,2-5,10-15H2,1H3,(H,22,23)(H,24,27);1H. The first kappa shape index (κ1) is 22.7. The molecular weight excluding hydrogens is 472 g/mol. The van der Waals surface area contributed by atoms with Gasteiger partial charge in [0.15, 0.2) is 5.96 Å². The highest BCUT2D eigenvalue weighted by molar-refractivity contribution is 14.0. The highest BCUT2D eigenvalue weighted by Gasteiger charge is 2.20. The molecule has 156 valence electrons. The molecule has 28 heavy (non-hydrogen) atoms. The van der Waals surface area contributed by atoms with Gasteiger partial charge in [-0.3, -0.25) is 9.79 Å². The predicted octanol–water partition coefficient (Wildman–Crippen LogP) is 2.59. The molecule has 1 saturated carbocycles. The van der Waals surface area contributed by atoms with Crippen molar-refractivity contribution in [3.8, 4) is 0 Å². The Hall–Kier alpha value is -1.58. The molecule has 8 heteroatoms.